The van der Waals surface area contributed by atoms with Gasteiger partial charge in [0.05, 0.1) is 15.6 Å². The van der Waals surface area contributed by atoms with Crippen LogP contribution < -0.4 is 0 Å². The average molecular weight is 522 g/mol. The number of para-hydroxylation sites is 1. The van der Waals surface area contributed by atoms with E-state index >= 15 is 0 Å². The molecular formula is C20H9Br2Cl2N3. The molecule has 7 heteroatoms. The van der Waals surface area contributed by atoms with Crippen LogP contribution in [0.5, 0.6) is 0 Å². The van der Waals surface area contributed by atoms with Crippen molar-refractivity contribution in [2.75, 3.05) is 0 Å². The van der Waals surface area contributed by atoms with Crippen molar-refractivity contribution >= 4 is 88.2 Å². The molecule has 0 N–H and O–H groups in total. The van der Waals surface area contributed by atoms with E-state index in [9.17, 15) is 0 Å². The molecule has 2 heterocycles. The van der Waals surface area contributed by atoms with Crippen LogP contribution in [0.1, 0.15) is 0 Å². The molecule has 0 aliphatic carbocycles. The number of benzene rings is 3. The third-order valence-electron chi connectivity index (χ3n) is 4.47. The monoisotopic (exact) mass is 519 g/mol. The predicted octanol–water partition coefficient (Wildman–Crippen LogP) is 7.56. The van der Waals surface area contributed by atoms with Crippen molar-refractivity contribution in [3.8, 4) is 5.69 Å². The van der Waals surface area contributed by atoms with E-state index in [2.05, 4.69) is 31.9 Å². The predicted molar refractivity (Wildman–Crippen MR) is 119 cm³/mol. The van der Waals surface area contributed by atoms with Crippen LogP contribution >= 0.6 is 55.1 Å². The minimum absolute atomic E-state index is 0.592. The normalized spacial score (nSPS) is 11.7. The minimum Gasteiger partial charge on any atom is -0.291 e. The Balaban J connectivity index is 2.10. The summed E-state index contributed by atoms with van der Waals surface area (Å²) in [5, 5.41) is 1.98. The van der Waals surface area contributed by atoms with Gasteiger partial charge in [-0.15, -0.1) is 0 Å². The van der Waals surface area contributed by atoms with Gasteiger partial charge in [0.2, 0.25) is 0 Å². The lowest BCUT2D eigenvalue weighted by Gasteiger charge is -2.08. The van der Waals surface area contributed by atoms with Crippen molar-refractivity contribution in [3.05, 3.63) is 73.6 Å². The zero-order valence-electron chi connectivity index (χ0n) is 13.5. The summed E-state index contributed by atoms with van der Waals surface area (Å²) < 4.78 is 3.75. The van der Waals surface area contributed by atoms with E-state index in [0.29, 0.717) is 21.2 Å². The van der Waals surface area contributed by atoms with Crippen LogP contribution in [0.15, 0.2) is 63.5 Å². The van der Waals surface area contributed by atoms with Gasteiger partial charge in [0, 0.05) is 20.0 Å². The van der Waals surface area contributed by atoms with Crippen LogP contribution in [0.4, 0.5) is 0 Å². The molecule has 27 heavy (non-hydrogen) atoms. The second-order valence-corrected chi connectivity index (χ2v) is 8.57. The number of hydrogen-bond donors (Lipinski definition) is 0. The largest absolute Gasteiger partial charge is 0.291 e. The average Bonchev–Trinajstić information content (AvgIpc) is 3.03. The minimum atomic E-state index is 0.592. The Morgan fingerprint density at radius 3 is 2.04 bits per heavy atom. The topological polar surface area (TPSA) is 30.7 Å². The van der Waals surface area contributed by atoms with Gasteiger partial charge in [-0.3, -0.25) is 4.57 Å². The summed E-state index contributed by atoms with van der Waals surface area (Å²) in [6, 6.07) is 17.4. The molecule has 0 saturated carbocycles. The molecule has 0 atom stereocenters. The molecule has 0 radical (unpaired) electrons. The van der Waals surface area contributed by atoms with E-state index in [0.717, 1.165) is 36.6 Å². The van der Waals surface area contributed by atoms with E-state index in [1.165, 1.54) is 0 Å². The summed E-state index contributed by atoms with van der Waals surface area (Å²) in [6.07, 6.45) is 0. The molecule has 5 rings (SSSR count). The highest BCUT2D eigenvalue weighted by atomic mass is 79.9. The number of nitrogens with zero attached hydrogens (tertiary/aromatic N) is 3. The summed E-state index contributed by atoms with van der Waals surface area (Å²) in [5.74, 6) is 0. The Morgan fingerprint density at radius 1 is 0.704 bits per heavy atom. The van der Waals surface area contributed by atoms with Gasteiger partial charge in [-0.1, -0.05) is 41.4 Å². The van der Waals surface area contributed by atoms with Crippen LogP contribution in [0.3, 0.4) is 0 Å². The zero-order valence-corrected chi connectivity index (χ0v) is 18.2. The molecule has 5 aromatic rings. The number of aromatic nitrogens is 3. The molecule has 0 fully saturated rings. The Kier molecular flexibility index (Phi) is 4.17. The van der Waals surface area contributed by atoms with Crippen molar-refractivity contribution in [2.45, 2.75) is 0 Å². The fourth-order valence-corrected chi connectivity index (χ4v) is 4.61. The molecule has 0 amide bonds. The Morgan fingerprint density at radius 2 is 1.33 bits per heavy atom. The number of halogens is 4. The van der Waals surface area contributed by atoms with Gasteiger partial charge in [0.25, 0.3) is 0 Å². The Labute approximate surface area is 181 Å². The fraction of sp³-hybridized carbons (Fsp3) is 0. The van der Waals surface area contributed by atoms with Crippen molar-refractivity contribution in [2.24, 2.45) is 0 Å². The van der Waals surface area contributed by atoms with Gasteiger partial charge in [0.15, 0.2) is 5.65 Å². The van der Waals surface area contributed by atoms with E-state index in [-0.39, 0.29) is 0 Å². The summed E-state index contributed by atoms with van der Waals surface area (Å²) in [4.78, 5) is 9.85. The lowest BCUT2D eigenvalue weighted by Crippen LogP contribution is -1.97. The van der Waals surface area contributed by atoms with E-state index in [4.69, 9.17) is 33.2 Å². The van der Waals surface area contributed by atoms with Crippen LogP contribution in [0.2, 0.25) is 10.0 Å². The number of rotatable bonds is 1. The first-order valence-corrected chi connectivity index (χ1v) is 10.4. The highest BCUT2D eigenvalue weighted by molar-refractivity contribution is 9.11. The molecule has 0 bridgehead atoms. The number of fused-ring (bicyclic) bond motifs is 4. The highest BCUT2D eigenvalue weighted by Crippen LogP contribution is 2.40. The van der Waals surface area contributed by atoms with Gasteiger partial charge in [-0.2, -0.15) is 0 Å². The summed E-state index contributed by atoms with van der Waals surface area (Å²) in [5.41, 5.74) is 4.70. The first-order valence-electron chi connectivity index (χ1n) is 8.05. The van der Waals surface area contributed by atoms with Crippen molar-refractivity contribution in [1.82, 2.24) is 14.5 Å². The molecule has 3 nitrogen and oxygen atoms in total. The van der Waals surface area contributed by atoms with Gasteiger partial charge in [0.1, 0.15) is 16.6 Å². The highest BCUT2D eigenvalue weighted by Gasteiger charge is 2.21. The maximum absolute atomic E-state index is 6.60. The van der Waals surface area contributed by atoms with E-state index in [1.54, 1.807) is 12.1 Å². The van der Waals surface area contributed by atoms with Gasteiger partial charge >= 0.3 is 0 Å². The first kappa shape index (κ1) is 17.4. The standard InChI is InChI=1S/C20H9Br2Cl2N3/c21-11-6-7-12(22)17-16(11)25-18-15-13(23)8-9-14(24)19(15)27(20(18)26-17)10-4-2-1-3-5-10/h1-9H. The lowest BCUT2D eigenvalue weighted by atomic mass is 10.2. The van der Waals surface area contributed by atoms with Gasteiger partial charge in [-0.05, 0) is 68.3 Å². The van der Waals surface area contributed by atoms with Crippen molar-refractivity contribution in [1.29, 1.82) is 0 Å². The maximum atomic E-state index is 6.60. The smallest absolute Gasteiger partial charge is 0.165 e. The van der Waals surface area contributed by atoms with Gasteiger partial charge < -0.3 is 0 Å². The van der Waals surface area contributed by atoms with Crippen molar-refractivity contribution < 1.29 is 0 Å². The fourth-order valence-electron chi connectivity index (χ4n) is 3.31. The van der Waals surface area contributed by atoms with Gasteiger partial charge in [-0.25, -0.2) is 9.97 Å². The first-order chi connectivity index (χ1) is 13.1. The quantitative estimate of drug-likeness (QED) is 0.228. The Hall–Kier alpha value is -1.66. The lowest BCUT2D eigenvalue weighted by molar-refractivity contribution is 1.14. The zero-order chi connectivity index (χ0) is 18.7. The molecular weight excluding hydrogens is 513 g/mol. The molecule has 0 aliphatic heterocycles. The van der Waals surface area contributed by atoms with Crippen LogP contribution in [0, 0.1) is 0 Å². The summed E-state index contributed by atoms with van der Waals surface area (Å²) in [7, 11) is 0. The van der Waals surface area contributed by atoms with E-state index < -0.39 is 0 Å². The molecule has 0 saturated heterocycles. The van der Waals surface area contributed by atoms with Crippen LogP contribution in [-0.2, 0) is 0 Å². The van der Waals surface area contributed by atoms with Crippen LogP contribution in [-0.4, -0.2) is 14.5 Å². The third-order valence-corrected chi connectivity index (χ3v) is 6.37. The molecule has 2 aromatic heterocycles. The van der Waals surface area contributed by atoms with E-state index in [1.807, 2.05) is 47.0 Å². The maximum Gasteiger partial charge on any atom is 0.165 e. The Bertz CT molecular complexity index is 1360. The molecule has 0 spiro atoms. The summed E-state index contributed by atoms with van der Waals surface area (Å²) in [6.45, 7) is 0. The van der Waals surface area contributed by atoms with Crippen LogP contribution in [0.25, 0.3) is 38.8 Å². The number of hydrogen-bond acceptors (Lipinski definition) is 2. The second-order valence-electron chi connectivity index (χ2n) is 6.05. The second kappa shape index (κ2) is 6.45. The summed E-state index contributed by atoms with van der Waals surface area (Å²) >= 11 is 20.3. The molecule has 3 aromatic carbocycles. The molecule has 132 valence electrons. The molecule has 0 unspecified atom stereocenters. The third kappa shape index (κ3) is 2.60. The van der Waals surface area contributed by atoms with Crippen molar-refractivity contribution in [3.63, 3.8) is 0 Å². The SMILES string of the molecule is Clc1ccc(Cl)c2c1c1nc3c(Br)ccc(Br)c3nc1n2-c1ccccc1. The molecule has 0 aliphatic rings.